The standard InChI is InChI=1S/C19H22N2O2/c1-13-15-10-9-14-7-4-5-8-16(14)18(15)23-17(13)19(22)20-11-6-12-21(2)3/h4-5,7-10H,6,11-12H2,1-3H3,(H,20,22). The Morgan fingerprint density at radius 3 is 2.70 bits per heavy atom. The van der Waals surface area contributed by atoms with Crippen molar-refractivity contribution in [3.05, 3.63) is 47.7 Å². The van der Waals surface area contributed by atoms with Gasteiger partial charge in [-0.2, -0.15) is 0 Å². The molecule has 0 saturated carbocycles. The number of furan rings is 1. The molecule has 23 heavy (non-hydrogen) atoms. The molecule has 1 amide bonds. The van der Waals surface area contributed by atoms with Crippen LogP contribution in [0.5, 0.6) is 0 Å². The highest BCUT2D eigenvalue weighted by atomic mass is 16.3. The zero-order valence-electron chi connectivity index (χ0n) is 13.8. The van der Waals surface area contributed by atoms with Gasteiger partial charge in [0.25, 0.3) is 5.91 Å². The third-order valence-corrected chi connectivity index (χ3v) is 4.10. The lowest BCUT2D eigenvalue weighted by atomic mass is 10.1. The van der Waals surface area contributed by atoms with Gasteiger partial charge in [-0.3, -0.25) is 4.79 Å². The summed E-state index contributed by atoms with van der Waals surface area (Å²) in [6, 6.07) is 12.2. The maximum Gasteiger partial charge on any atom is 0.287 e. The van der Waals surface area contributed by atoms with Crippen LogP contribution in [0.4, 0.5) is 0 Å². The lowest BCUT2D eigenvalue weighted by Crippen LogP contribution is -2.27. The van der Waals surface area contributed by atoms with Crippen molar-refractivity contribution in [3.8, 4) is 0 Å². The molecule has 0 radical (unpaired) electrons. The molecule has 0 aliphatic carbocycles. The van der Waals surface area contributed by atoms with Gasteiger partial charge in [-0.05, 0) is 39.4 Å². The van der Waals surface area contributed by atoms with E-state index in [0.717, 1.165) is 40.3 Å². The Kier molecular flexibility index (Phi) is 4.35. The number of benzene rings is 2. The Balaban J connectivity index is 1.88. The summed E-state index contributed by atoms with van der Waals surface area (Å²) >= 11 is 0. The van der Waals surface area contributed by atoms with E-state index in [4.69, 9.17) is 4.42 Å². The van der Waals surface area contributed by atoms with Crippen molar-refractivity contribution in [1.29, 1.82) is 0 Å². The molecule has 1 aromatic heterocycles. The van der Waals surface area contributed by atoms with Crippen LogP contribution in [0.25, 0.3) is 21.7 Å². The van der Waals surface area contributed by atoms with Crippen LogP contribution in [0.15, 0.2) is 40.8 Å². The summed E-state index contributed by atoms with van der Waals surface area (Å²) in [6.07, 6.45) is 0.918. The van der Waals surface area contributed by atoms with E-state index in [1.54, 1.807) is 0 Å². The zero-order chi connectivity index (χ0) is 16.4. The van der Waals surface area contributed by atoms with Gasteiger partial charge < -0.3 is 14.6 Å². The number of amides is 1. The zero-order valence-corrected chi connectivity index (χ0v) is 13.8. The molecule has 0 saturated heterocycles. The van der Waals surface area contributed by atoms with E-state index in [0.29, 0.717) is 12.3 Å². The van der Waals surface area contributed by atoms with Gasteiger partial charge >= 0.3 is 0 Å². The fourth-order valence-corrected chi connectivity index (χ4v) is 2.84. The number of aryl methyl sites for hydroxylation is 1. The maximum atomic E-state index is 12.4. The second kappa shape index (κ2) is 6.42. The van der Waals surface area contributed by atoms with Crippen LogP contribution < -0.4 is 5.32 Å². The molecule has 4 nitrogen and oxygen atoms in total. The fraction of sp³-hybridized carbons (Fsp3) is 0.316. The van der Waals surface area contributed by atoms with Crippen molar-refractivity contribution >= 4 is 27.6 Å². The van der Waals surface area contributed by atoms with Crippen LogP contribution in [-0.4, -0.2) is 38.0 Å². The molecule has 3 rings (SSSR count). The van der Waals surface area contributed by atoms with Crippen molar-refractivity contribution in [2.45, 2.75) is 13.3 Å². The van der Waals surface area contributed by atoms with Crippen LogP contribution in [0.2, 0.25) is 0 Å². The van der Waals surface area contributed by atoms with Crippen molar-refractivity contribution in [2.75, 3.05) is 27.2 Å². The minimum atomic E-state index is -0.137. The Morgan fingerprint density at radius 2 is 1.91 bits per heavy atom. The number of fused-ring (bicyclic) bond motifs is 3. The average Bonchev–Trinajstić information content (AvgIpc) is 2.89. The molecule has 1 N–H and O–H groups in total. The molecule has 0 bridgehead atoms. The number of nitrogens with one attached hydrogen (secondary N) is 1. The highest BCUT2D eigenvalue weighted by Crippen LogP contribution is 2.31. The third-order valence-electron chi connectivity index (χ3n) is 4.10. The van der Waals surface area contributed by atoms with E-state index in [-0.39, 0.29) is 5.91 Å². The van der Waals surface area contributed by atoms with Gasteiger partial charge in [0.15, 0.2) is 5.76 Å². The van der Waals surface area contributed by atoms with E-state index in [9.17, 15) is 4.79 Å². The molecule has 2 aromatic carbocycles. The molecule has 4 heteroatoms. The van der Waals surface area contributed by atoms with Crippen molar-refractivity contribution in [3.63, 3.8) is 0 Å². The van der Waals surface area contributed by atoms with Crippen molar-refractivity contribution in [2.24, 2.45) is 0 Å². The third kappa shape index (κ3) is 3.08. The molecule has 0 fully saturated rings. The van der Waals surface area contributed by atoms with Gasteiger partial charge in [-0.15, -0.1) is 0 Å². The van der Waals surface area contributed by atoms with Gasteiger partial charge in [-0.1, -0.05) is 36.4 Å². The minimum absolute atomic E-state index is 0.137. The Morgan fingerprint density at radius 1 is 1.13 bits per heavy atom. The smallest absolute Gasteiger partial charge is 0.287 e. The summed E-state index contributed by atoms with van der Waals surface area (Å²) in [5.74, 6) is 0.280. The van der Waals surface area contributed by atoms with Gasteiger partial charge in [0, 0.05) is 22.9 Å². The summed E-state index contributed by atoms with van der Waals surface area (Å²) < 4.78 is 5.93. The molecular formula is C19H22N2O2. The quantitative estimate of drug-likeness (QED) is 0.733. The SMILES string of the molecule is Cc1c(C(=O)NCCCN(C)C)oc2c1ccc1ccccc12. The monoisotopic (exact) mass is 310 g/mol. The minimum Gasteiger partial charge on any atom is -0.450 e. The van der Waals surface area contributed by atoms with Crippen LogP contribution in [-0.2, 0) is 0 Å². The summed E-state index contributed by atoms with van der Waals surface area (Å²) in [5.41, 5.74) is 1.69. The number of nitrogens with zero attached hydrogens (tertiary/aromatic N) is 1. The lowest BCUT2D eigenvalue weighted by Gasteiger charge is -2.09. The first-order valence-electron chi connectivity index (χ1n) is 7.91. The molecule has 120 valence electrons. The van der Waals surface area contributed by atoms with E-state index >= 15 is 0 Å². The predicted octanol–water partition coefficient (Wildman–Crippen LogP) is 3.58. The lowest BCUT2D eigenvalue weighted by molar-refractivity contribution is 0.0926. The topological polar surface area (TPSA) is 45.5 Å². The summed E-state index contributed by atoms with van der Waals surface area (Å²) in [7, 11) is 4.05. The number of carbonyl (C=O) groups is 1. The van der Waals surface area contributed by atoms with Gasteiger partial charge in [0.2, 0.25) is 0 Å². The Bertz CT molecular complexity index is 849. The van der Waals surface area contributed by atoms with Gasteiger partial charge in [0.1, 0.15) is 5.58 Å². The molecule has 0 unspecified atom stereocenters. The van der Waals surface area contributed by atoms with Crippen LogP contribution in [0, 0.1) is 6.92 Å². The van der Waals surface area contributed by atoms with E-state index in [1.807, 2.05) is 51.4 Å². The molecular weight excluding hydrogens is 288 g/mol. The maximum absolute atomic E-state index is 12.4. The predicted molar refractivity (Wildman–Crippen MR) is 94.0 cm³/mol. The first-order valence-corrected chi connectivity index (χ1v) is 7.91. The van der Waals surface area contributed by atoms with E-state index in [1.165, 1.54) is 0 Å². The van der Waals surface area contributed by atoms with Gasteiger partial charge in [-0.25, -0.2) is 0 Å². The van der Waals surface area contributed by atoms with Crippen molar-refractivity contribution in [1.82, 2.24) is 10.2 Å². The molecule has 0 aliphatic rings. The number of rotatable bonds is 5. The number of carbonyl (C=O) groups excluding carboxylic acids is 1. The Labute approximate surface area is 136 Å². The molecule has 3 aromatic rings. The van der Waals surface area contributed by atoms with Crippen LogP contribution in [0.3, 0.4) is 0 Å². The fourth-order valence-electron chi connectivity index (χ4n) is 2.84. The molecule has 1 heterocycles. The summed E-state index contributed by atoms with van der Waals surface area (Å²) in [6.45, 7) is 3.54. The van der Waals surface area contributed by atoms with Crippen LogP contribution in [0.1, 0.15) is 22.5 Å². The average molecular weight is 310 g/mol. The van der Waals surface area contributed by atoms with Gasteiger partial charge in [0.05, 0.1) is 0 Å². The number of hydrogen-bond acceptors (Lipinski definition) is 3. The second-order valence-electron chi connectivity index (χ2n) is 6.13. The summed E-state index contributed by atoms with van der Waals surface area (Å²) in [5, 5.41) is 6.11. The van der Waals surface area contributed by atoms with E-state index in [2.05, 4.69) is 16.3 Å². The normalized spacial score (nSPS) is 11.5. The second-order valence-corrected chi connectivity index (χ2v) is 6.13. The molecule has 0 aliphatic heterocycles. The highest BCUT2D eigenvalue weighted by molar-refractivity contribution is 6.08. The Hall–Kier alpha value is -2.33. The first-order chi connectivity index (χ1) is 11.1. The number of hydrogen-bond donors (Lipinski definition) is 1. The largest absolute Gasteiger partial charge is 0.450 e. The van der Waals surface area contributed by atoms with Crippen molar-refractivity contribution < 1.29 is 9.21 Å². The first kappa shape index (κ1) is 15.6. The molecule has 0 atom stereocenters. The van der Waals surface area contributed by atoms with E-state index < -0.39 is 0 Å². The highest BCUT2D eigenvalue weighted by Gasteiger charge is 2.18. The molecule has 0 spiro atoms. The van der Waals surface area contributed by atoms with Crippen LogP contribution >= 0.6 is 0 Å². The summed E-state index contributed by atoms with van der Waals surface area (Å²) in [4.78, 5) is 14.5.